The van der Waals surface area contributed by atoms with E-state index >= 15 is 0 Å². The Morgan fingerprint density at radius 2 is 1.55 bits per heavy atom. The molecule has 126 valence electrons. The van der Waals surface area contributed by atoms with Gasteiger partial charge in [-0.1, -0.05) is 26.5 Å². The van der Waals surface area contributed by atoms with E-state index < -0.39 is 0 Å². The summed E-state index contributed by atoms with van der Waals surface area (Å²) in [6.07, 6.45) is 2.12. The summed E-state index contributed by atoms with van der Waals surface area (Å²) in [5.41, 5.74) is 0.900. The normalized spacial score (nSPS) is 14.2. The molecule has 0 aliphatic carbocycles. The van der Waals surface area contributed by atoms with Crippen molar-refractivity contribution in [2.24, 2.45) is 0 Å². The number of rotatable bonds is 7. The van der Waals surface area contributed by atoms with E-state index in [1.54, 1.807) is 13.8 Å². The van der Waals surface area contributed by atoms with Crippen LogP contribution >= 0.6 is 0 Å². The highest BCUT2D eigenvalue weighted by Crippen LogP contribution is 2.09. The fourth-order valence-corrected chi connectivity index (χ4v) is 0.889. The zero-order valence-electron chi connectivity index (χ0n) is 14.0. The summed E-state index contributed by atoms with van der Waals surface area (Å²) in [6.45, 7) is 19.8. The van der Waals surface area contributed by atoms with E-state index in [1.807, 2.05) is 0 Å². The molecule has 1 rings (SSSR count). The van der Waals surface area contributed by atoms with Crippen LogP contribution in [-0.2, 0) is 23.8 Å². The van der Waals surface area contributed by atoms with Crippen molar-refractivity contribution in [3.05, 3.63) is 37.5 Å². The average molecular weight is 312 g/mol. The summed E-state index contributed by atoms with van der Waals surface area (Å²) in [5, 5.41) is 0. The predicted octanol–water partition coefficient (Wildman–Crippen LogP) is 3.21. The number of carbonyl (C=O) groups excluding carboxylic acids is 2. The standard InChI is InChI=1S/C8H14O2.C7H10O3.C2H4/c1-4-5-6-10-8(9)7(2)3;1-5(2)7(8)10-4-6-3-9-6;1-2/h2,4-6H2,1,3H3;6H,1,3-4H2,2H3;1-2H2. The minimum absolute atomic E-state index is 0.142. The Kier molecular flexibility index (Phi) is 14.3. The van der Waals surface area contributed by atoms with Crippen LogP contribution in [0.25, 0.3) is 0 Å². The molecular weight excluding hydrogens is 284 g/mol. The first-order valence-corrected chi connectivity index (χ1v) is 7.15. The Balaban J connectivity index is 0. The summed E-state index contributed by atoms with van der Waals surface area (Å²) < 4.78 is 14.4. The van der Waals surface area contributed by atoms with Gasteiger partial charge in [0.2, 0.25) is 0 Å². The van der Waals surface area contributed by atoms with Crippen molar-refractivity contribution in [1.82, 2.24) is 0 Å². The van der Waals surface area contributed by atoms with Crippen LogP contribution in [0, 0.1) is 0 Å². The summed E-state index contributed by atoms with van der Waals surface area (Å²) in [5.74, 6) is -0.621. The third-order valence-electron chi connectivity index (χ3n) is 2.23. The van der Waals surface area contributed by atoms with Gasteiger partial charge in [-0.2, -0.15) is 0 Å². The molecule has 1 heterocycles. The largest absolute Gasteiger partial charge is 0.462 e. The lowest BCUT2D eigenvalue weighted by atomic mass is 10.3. The van der Waals surface area contributed by atoms with E-state index in [9.17, 15) is 9.59 Å². The second-order valence-corrected chi connectivity index (χ2v) is 4.60. The van der Waals surface area contributed by atoms with Crippen molar-refractivity contribution < 1.29 is 23.8 Å². The van der Waals surface area contributed by atoms with Crippen LogP contribution in [0.4, 0.5) is 0 Å². The molecule has 1 fully saturated rings. The highest BCUT2D eigenvalue weighted by atomic mass is 16.6. The van der Waals surface area contributed by atoms with Gasteiger partial charge in [-0.05, 0) is 20.3 Å². The molecule has 22 heavy (non-hydrogen) atoms. The van der Waals surface area contributed by atoms with Gasteiger partial charge in [0, 0.05) is 11.1 Å². The van der Waals surface area contributed by atoms with Crippen molar-refractivity contribution in [3.8, 4) is 0 Å². The van der Waals surface area contributed by atoms with E-state index in [1.165, 1.54) is 0 Å². The number of ether oxygens (including phenoxy) is 3. The van der Waals surface area contributed by atoms with Crippen LogP contribution in [-0.4, -0.2) is 37.9 Å². The lowest BCUT2D eigenvalue weighted by molar-refractivity contribution is -0.140. The Morgan fingerprint density at radius 1 is 1.09 bits per heavy atom. The van der Waals surface area contributed by atoms with E-state index in [-0.39, 0.29) is 18.0 Å². The van der Waals surface area contributed by atoms with E-state index in [0.29, 0.717) is 31.0 Å². The van der Waals surface area contributed by atoms with E-state index in [0.717, 1.165) is 12.8 Å². The molecule has 5 heteroatoms. The maximum absolute atomic E-state index is 10.7. The van der Waals surface area contributed by atoms with Gasteiger partial charge in [0.15, 0.2) is 0 Å². The predicted molar refractivity (Wildman–Crippen MR) is 87.4 cm³/mol. The van der Waals surface area contributed by atoms with Crippen molar-refractivity contribution >= 4 is 11.9 Å². The smallest absolute Gasteiger partial charge is 0.333 e. The Hall–Kier alpha value is -1.88. The molecule has 5 nitrogen and oxygen atoms in total. The monoisotopic (exact) mass is 312 g/mol. The lowest BCUT2D eigenvalue weighted by Gasteiger charge is -2.01. The first kappa shape index (κ1) is 22.4. The van der Waals surface area contributed by atoms with Crippen LogP contribution < -0.4 is 0 Å². The number of carbonyl (C=O) groups is 2. The Bertz CT molecular complexity index is 369. The molecule has 1 saturated heterocycles. The third kappa shape index (κ3) is 14.5. The van der Waals surface area contributed by atoms with Crippen LogP contribution in [0.3, 0.4) is 0 Å². The van der Waals surface area contributed by atoms with Crippen LogP contribution in [0.15, 0.2) is 37.5 Å². The van der Waals surface area contributed by atoms with E-state index in [2.05, 4.69) is 33.2 Å². The first-order valence-electron chi connectivity index (χ1n) is 7.15. The number of unbranched alkanes of at least 4 members (excludes halogenated alkanes) is 1. The molecule has 0 saturated carbocycles. The van der Waals surface area contributed by atoms with Crippen molar-refractivity contribution in [3.63, 3.8) is 0 Å². The highest BCUT2D eigenvalue weighted by molar-refractivity contribution is 5.87. The van der Waals surface area contributed by atoms with Crippen molar-refractivity contribution in [1.29, 1.82) is 0 Å². The first-order chi connectivity index (χ1) is 10.4. The van der Waals surface area contributed by atoms with Gasteiger partial charge in [0.05, 0.1) is 13.2 Å². The summed E-state index contributed by atoms with van der Waals surface area (Å²) >= 11 is 0. The molecular formula is C17H28O5. The Morgan fingerprint density at radius 3 is 1.91 bits per heavy atom. The van der Waals surface area contributed by atoms with Crippen molar-refractivity contribution in [2.45, 2.75) is 39.7 Å². The maximum Gasteiger partial charge on any atom is 0.333 e. The van der Waals surface area contributed by atoms with Crippen LogP contribution in [0.2, 0.25) is 0 Å². The molecule has 0 spiro atoms. The van der Waals surface area contributed by atoms with Gasteiger partial charge in [-0.3, -0.25) is 0 Å². The molecule has 0 aromatic rings. The lowest BCUT2D eigenvalue weighted by Crippen LogP contribution is -2.09. The van der Waals surface area contributed by atoms with Crippen LogP contribution in [0.5, 0.6) is 0 Å². The van der Waals surface area contributed by atoms with Gasteiger partial charge < -0.3 is 14.2 Å². The van der Waals surface area contributed by atoms with Gasteiger partial charge >= 0.3 is 11.9 Å². The minimum Gasteiger partial charge on any atom is -0.462 e. The molecule has 1 atom stereocenters. The molecule has 0 aromatic heterocycles. The average Bonchev–Trinajstić information content (AvgIpc) is 3.31. The van der Waals surface area contributed by atoms with Gasteiger partial charge in [-0.25, -0.2) is 9.59 Å². The van der Waals surface area contributed by atoms with Crippen molar-refractivity contribution in [2.75, 3.05) is 19.8 Å². The van der Waals surface area contributed by atoms with Gasteiger partial charge in [0.1, 0.15) is 12.7 Å². The summed E-state index contributed by atoms with van der Waals surface area (Å²) in [4.78, 5) is 21.4. The molecule has 0 N–H and O–H groups in total. The molecule has 0 bridgehead atoms. The number of epoxide rings is 1. The van der Waals surface area contributed by atoms with Gasteiger partial charge in [0.25, 0.3) is 0 Å². The van der Waals surface area contributed by atoms with Gasteiger partial charge in [-0.15, -0.1) is 13.2 Å². The quantitative estimate of drug-likeness (QED) is 0.237. The van der Waals surface area contributed by atoms with E-state index in [4.69, 9.17) is 14.2 Å². The fourth-order valence-electron chi connectivity index (χ4n) is 0.889. The maximum atomic E-state index is 10.7. The zero-order chi connectivity index (χ0) is 17.5. The van der Waals surface area contributed by atoms with Crippen LogP contribution in [0.1, 0.15) is 33.6 Å². The topological polar surface area (TPSA) is 65.1 Å². The number of esters is 2. The second kappa shape index (κ2) is 14.1. The fraction of sp³-hybridized carbons (Fsp3) is 0.529. The molecule has 1 aliphatic rings. The summed E-state index contributed by atoms with van der Waals surface area (Å²) in [7, 11) is 0. The molecule has 1 unspecified atom stereocenters. The zero-order valence-corrected chi connectivity index (χ0v) is 14.0. The summed E-state index contributed by atoms with van der Waals surface area (Å²) in [6, 6.07) is 0. The molecule has 0 radical (unpaired) electrons. The highest BCUT2D eigenvalue weighted by Gasteiger charge is 2.24. The molecule has 0 aromatic carbocycles. The molecule has 1 aliphatic heterocycles. The third-order valence-corrected chi connectivity index (χ3v) is 2.23. The minimum atomic E-state index is -0.337. The Labute approximate surface area is 133 Å². The SMILES string of the molecule is C=C.C=C(C)C(=O)OCC1CO1.C=C(C)C(=O)OCCCC. The molecule has 0 amide bonds. The number of hydrogen-bond donors (Lipinski definition) is 0. The second-order valence-electron chi connectivity index (χ2n) is 4.60. The number of hydrogen-bond acceptors (Lipinski definition) is 5.